The second-order valence-electron chi connectivity index (χ2n) is 4.88. The zero-order valence-corrected chi connectivity index (χ0v) is 11.3. The van der Waals surface area contributed by atoms with E-state index in [0.29, 0.717) is 6.10 Å². The van der Waals surface area contributed by atoms with E-state index in [0.717, 1.165) is 51.3 Å². The second kappa shape index (κ2) is 6.82. The highest BCUT2D eigenvalue weighted by molar-refractivity contribution is 4.90. The fourth-order valence-corrected chi connectivity index (χ4v) is 2.17. The number of aromatic nitrogens is 3. The summed E-state index contributed by atoms with van der Waals surface area (Å²) in [7, 11) is 4.07. The van der Waals surface area contributed by atoms with Crippen LogP contribution in [0, 0.1) is 0 Å². The summed E-state index contributed by atoms with van der Waals surface area (Å²) in [5, 5.41) is 11.2. The van der Waals surface area contributed by atoms with Gasteiger partial charge in [0.15, 0.2) is 0 Å². The number of hydrogen-bond donors (Lipinski definition) is 1. The summed E-state index contributed by atoms with van der Waals surface area (Å²) in [6.45, 7) is 4.54. The molecular weight excluding hydrogens is 230 g/mol. The zero-order chi connectivity index (χ0) is 12.8. The van der Waals surface area contributed by atoms with Crippen molar-refractivity contribution in [3.63, 3.8) is 0 Å². The lowest BCUT2D eigenvalue weighted by molar-refractivity contribution is 0.00771. The van der Waals surface area contributed by atoms with Crippen LogP contribution in [0.3, 0.4) is 0 Å². The molecule has 6 nitrogen and oxygen atoms in total. The van der Waals surface area contributed by atoms with Crippen LogP contribution in [0.15, 0.2) is 6.20 Å². The highest BCUT2D eigenvalue weighted by atomic mass is 16.5. The molecule has 0 unspecified atom stereocenters. The Morgan fingerprint density at radius 2 is 2.22 bits per heavy atom. The molecule has 1 N–H and O–H groups in total. The van der Waals surface area contributed by atoms with Crippen molar-refractivity contribution in [1.82, 2.24) is 25.2 Å². The van der Waals surface area contributed by atoms with E-state index in [4.69, 9.17) is 4.74 Å². The molecule has 102 valence electrons. The molecule has 0 saturated carbocycles. The van der Waals surface area contributed by atoms with Crippen LogP contribution in [-0.2, 0) is 17.8 Å². The molecule has 0 aromatic carbocycles. The Kier molecular flexibility index (Phi) is 5.10. The Morgan fingerprint density at radius 1 is 1.44 bits per heavy atom. The highest BCUT2D eigenvalue weighted by Gasteiger charge is 2.16. The molecule has 1 fully saturated rings. The first-order valence-corrected chi connectivity index (χ1v) is 6.61. The summed E-state index contributed by atoms with van der Waals surface area (Å²) in [5.41, 5.74) is 0.969. The van der Waals surface area contributed by atoms with E-state index >= 15 is 0 Å². The molecule has 0 amide bonds. The fraction of sp³-hybridized carbons (Fsp3) is 0.833. The van der Waals surface area contributed by atoms with E-state index in [1.807, 2.05) is 17.9 Å². The van der Waals surface area contributed by atoms with E-state index in [2.05, 4.69) is 27.6 Å². The molecule has 1 aliphatic rings. The van der Waals surface area contributed by atoms with Crippen LogP contribution >= 0.6 is 0 Å². The molecule has 1 aromatic rings. The first-order valence-electron chi connectivity index (χ1n) is 6.61. The van der Waals surface area contributed by atoms with E-state index in [-0.39, 0.29) is 0 Å². The normalized spacial score (nSPS) is 18.3. The number of likely N-dealkylation sites (tertiary alicyclic amines) is 1. The molecule has 18 heavy (non-hydrogen) atoms. The van der Waals surface area contributed by atoms with Crippen LogP contribution in [0.4, 0.5) is 0 Å². The smallest absolute Gasteiger partial charge is 0.0964 e. The van der Waals surface area contributed by atoms with Crippen molar-refractivity contribution >= 4 is 0 Å². The van der Waals surface area contributed by atoms with Crippen LogP contribution in [0.2, 0.25) is 0 Å². The quantitative estimate of drug-likeness (QED) is 0.780. The number of piperidine rings is 1. The largest absolute Gasteiger partial charge is 0.376 e. The molecule has 1 saturated heterocycles. The van der Waals surface area contributed by atoms with E-state index in [1.165, 1.54) is 0 Å². The molecular formula is C12H23N5O. The lowest BCUT2D eigenvalue weighted by atomic mass is 10.1. The van der Waals surface area contributed by atoms with Gasteiger partial charge in [0.05, 0.1) is 24.9 Å². The Labute approximate surface area is 108 Å². The van der Waals surface area contributed by atoms with Crippen LogP contribution < -0.4 is 5.32 Å². The summed E-state index contributed by atoms with van der Waals surface area (Å²) in [5.74, 6) is 0. The lowest BCUT2D eigenvalue weighted by Crippen LogP contribution is -2.34. The predicted molar refractivity (Wildman–Crippen MR) is 69.3 cm³/mol. The Hall–Kier alpha value is -0.980. The summed E-state index contributed by atoms with van der Waals surface area (Å²) in [4.78, 5) is 2.35. The molecule has 1 aliphatic heterocycles. The van der Waals surface area contributed by atoms with Crippen molar-refractivity contribution in [3.05, 3.63) is 11.9 Å². The standard InChI is InChI=1S/C12H23N5O/c1-13-9-11-10-17(15-14-11)7-8-18-12-3-5-16(2)6-4-12/h10,12-13H,3-9H2,1-2H3. The maximum absolute atomic E-state index is 5.87. The molecule has 2 rings (SSSR count). The van der Waals surface area contributed by atoms with Crippen LogP contribution in [0.1, 0.15) is 18.5 Å². The van der Waals surface area contributed by atoms with Gasteiger partial charge in [-0.1, -0.05) is 5.21 Å². The van der Waals surface area contributed by atoms with Crippen molar-refractivity contribution in [2.45, 2.75) is 32.0 Å². The molecule has 0 spiro atoms. The Morgan fingerprint density at radius 3 is 2.94 bits per heavy atom. The molecule has 6 heteroatoms. The topological polar surface area (TPSA) is 55.2 Å². The van der Waals surface area contributed by atoms with Gasteiger partial charge in [-0.3, -0.25) is 0 Å². The highest BCUT2D eigenvalue weighted by Crippen LogP contribution is 2.11. The summed E-state index contributed by atoms with van der Waals surface area (Å²) in [6, 6.07) is 0. The molecule has 1 aromatic heterocycles. The first kappa shape index (κ1) is 13.5. The van der Waals surface area contributed by atoms with Gasteiger partial charge in [-0.2, -0.15) is 0 Å². The van der Waals surface area contributed by atoms with Gasteiger partial charge in [-0.25, -0.2) is 4.68 Å². The number of hydrogen-bond acceptors (Lipinski definition) is 5. The van der Waals surface area contributed by atoms with E-state index in [1.54, 1.807) is 0 Å². The van der Waals surface area contributed by atoms with Crippen molar-refractivity contribution in [2.24, 2.45) is 0 Å². The van der Waals surface area contributed by atoms with Crippen molar-refractivity contribution < 1.29 is 4.74 Å². The molecule has 2 heterocycles. The van der Waals surface area contributed by atoms with Crippen molar-refractivity contribution in [3.8, 4) is 0 Å². The first-order chi connectivity index (χ1) is 8.78. The van der Waals surface area contributed by atoms with Gasteiger partial charge in [0.1, 0.15) is 0 Å². The monoisotopic (exact) mass is 253 g/mol. The van der Waals surface area contributed by atoms with Gasteiger partial charge in [0, 0.05) is 25.8 Å². The summed E-state index contributed by atoms with van der Waals surface area (Å²) in [6.07, 6.45) is 4.66. The van der Waals surface area contributed by atoms with Gasteiger partial charge >= 0.3 is 0 Å². The number of ether oxygens (including phenoxy) is 1. The van der Waals surface area contributed by atoms with Crippen molar-refractivity contribution in [2.75, 3.05) is 33.8 Å². The number of rotatable bonds is 6. The van der Waals surface area contributed by atoms with Crippen LogP contribution in [0.25, 0.3) is 0 Å². The maximum atomic E-state index is 5.87. The van der Waals surface area contributed by atoms with Crippen LogP contribution in [-0.4, -0.2) is 59.8 Å². The lowest BCUT2D eigenvalue weighted by Gasteiger charge is -2.28. The third kappa shape index (κ3) is 4.04. The Bertz CT molecular complexity index is 346. The van der Waals surface area contributed by atoms with Gasteiger partial charge in [0.25, 0.3) is 0 Å². The third-order valence-corrected chi connectivity index (χ3v) is 3.28. The average Bonchev–Trinajstić information content (AvgIpc) is 2.80. The SMILES string of the molecule is CNCc1cn(CCOC2CCN(C)CC2)nn1. The summed E-state index contributed by atoms with van der Waals surface area (Å²) >= 11 is 0. The third-order valence-electron chi connectivity index (χ3n) is 3.28. The molecule has 0 atom stereocenters. The van der Waals surface area contributed by atoms with Gasteiger partial charge in [-0.05, 0) is 26.9 Å². The minimum atomic E-state index is 0.418. The predicted octanol–water partition coefficient (Wildman–Crippen LogP) is 0.108. The van der Waals surface area contributed by atoms with Crippen LogP contribution in [0.5, 0.6) is 0 Å². The maximum Gasteiger partial charge on any atom is 0.0964 e. The second-order valence-corrected chi connectivity index (χ2v) is 4.88. The molecule has 0 radical (unpaired) electrons. The minimum absolute atomic E-state index is 0.418. The van der Waals surface area contributed by atoms with E-state index in [9.17, 15) is 0 Å². The Balaban J connectivity index is 1.65. The number of nitrogens with one attached hydrogen (secondary N) is 1. The van der Waals surface area contributed by atoms with Gasteiger partial charge in [0.2, 0.25) is 0 Å². The zero-order valence-electron chi connectivity index (χ0n) is 11.3. The summed E-state index contributed by atoms with van der Waals surface area (Å²) < 4.78 is 7.72. The van der Waals surface area contributed by atoms with E-state index < -0.39 is 0 Å². The molecule has 0 aliphatic carbocycles. The molecule has 0 bridgehead atoms. The minimum Gasteiger partial charge on any atom is -0.376 e. The van der Waals surface area contributed by atoms with Gasteiger partial charge in [-0.15, -0.1) is 5.10 Å². The fourth-order valence-electron chi connectivity index (χ4n) is 2.17. The average molecular weight is 253 g/mol. The number of nitrogens with zero attached hydrogens (tertiary/aromatic N) is 4. The van der Waals surface area contributed by atoms with Gasteiger partial charge < -0.3 is 15.0 Å². The van der Waals surface area contributed by atoms with Crippen molar-refractivity contribution in [1.29, 1.82) is 0 Å².